The number of amides is 2. The fourth-order valence-electron chi connectivity index (χ4n) is 3.25. The summed E-state index contributed by atoms with van der Waals surface area (Å²) in [6.45, 7) is -0.229. The number of rotatable bonds is 8. The maximum atomic E-state index is 12.2. The number of carbonyl (C=O) groups is 2. The molecule has 1 aromatic heterocycles. The SMILES string of the molecule is COc1ccc(-c2nn(-c3ccccc3)cc2/C=N\NC(=O)CNC(=O)c2ccc(Cl)cc2)cc1. The number of nitrogens with one attached hydrogen (secondary N) is 2. The number of hydrogen-bond donors (Lipinski definition) is 2. The molecule has 0 aliphatic carbocycles. The van der Waals surface area contributed by atoms with Crippen LogP contribution in [0.1, 0.15) is 15.9 Å². The van der Waals surface area contributed by atoms with Gasteiger partial charge in [0, 0.05) is 27.9 Å². The van der Waals surface area contributed by atoms with Crippen molar-refractivity contribution in [3.8, 4) is 22.7 Å². The molecule has 0 fully saturated rings. The van der Waals surface area contributed by atoms with E-state index in [1.54, 1.807) is 36.1 Å². The summed E-state index contributed by atoms with van der Waals surface area (Å²) in [4.78, 5) is 24.3. The van der Waals surface area contributed by atoms with Crippen LogP contribution in [0, 0.1) is 0 Å². The standard InChI is InChI=1S/C26H22ClN5O3/c1-35-23-13-9-18(10-14-23)25-20(17-32(31-25)22-5-3-2-4-6-22)15-29-30-24(33)16-28-26(34)19-7-11-21(27)12-8-19/h2-15,17H,16H2,1H3,(H,28,34)(H,30,33)/b29-15-. The zero-order valence-corrected chi connectivity index (χ0v) is 19.6. The molecule has 0 aliphatic rings. The highest BCUT2D eigenvalue weighted by atomic mass is 35.5. The van der Waals surface area contributed by atoms with Gasteiger partial charge in [0.15, 0.2) is 0 Å². The van der Waals surface area contributed by atoms with Crippen molar-refractivity contribution >= 4 is 29.6 Å². The minimum atomic E-state index is -0.468. The summed E-state index contributed by atoms with van der Waals surface area (Å²) in [7, 11) is 1.61. The van der Waals surface area contributed by atoms with Crippen LogP contribution in [0.3, 0.4) is 0 Å². The molecule has 3 aromatic carbocycles. The third-order valence-corrected chi connectivity index (χ3v) is 5.29. The molecule has 0 unspecified atom stereocenters. The number of ether oxygens (including phenoxy) is 1. The number of hydrogen-bond acceptors (Lipinski definition) is 5. The van der Waals surface area contributed by atoms with Crippen molar-refractivity contribution in [2.45, 2.75) is 0 Å². The molecule has 0 saturated carbocycles. The van der Waals surface area contributed by atoms with Crippen molar-refractivity contribution in [2.75, 3.05) is 13.7 Å². The quantitative estimate of drug-likeness (QED) is 0.289. The van der Waals surface area contributed by atoms with Gasteiger partial charge in [0.05, 0.1) is 25.6 Å². The molecular formula is C26H22ClN5O3. The van der Waals surface area contributed by atoms with Crippen molar-refractivity contribution in [3.05, 3.63) is 101 Å². The maximum absolute atomic E-state index is 12.2. The molecule has 0 radical (unpaired) electrons. The summed E-state index contributed by atoms with van der Waals surface area (Å²) in [5.41, 5.74) is 5.97. The number of para-hydroxylation sites is 1. The van der Waals surface area contributed by atoms with Crippen LogP contribution in [0.5, 0.6) is 5.75 Å². The number of halogens is 1. The van der Waals surface area contributed by atoms with Crippen molar-refractivity contribution < 1.29 is 14.3 Å². The number of carbonyl (C=O) groups excluding carboxylic acids is 2. The van der Waals surface area contributed by atoms with E-state index in [0.717, 1.165) is 17.0 Å². The van der Waals surface area contributed by atoms with Gasteiger partial charge in [0.1, 0.15) is 11.4 Å². The first kappa shape index (κ1) is 23.7. The largest absolute Gasteiger partial charge is 0.497 e. The Morgan fingerprint density at radius 3 is 2.43 bits per heavy atom. The lowest BCUT2D eigenvalue weighted by Crippen LogP contribution is -2.34. The summed E-state index contributed by atoms with van der Waals surface area (Å²) in [6.07, 6.45) is 3.35. The van der Waals surface area contributed by atoms with E-state index in [1.165, 1.54) is 6.21 Å². The second-order valence-corrected chi connectivity index (χ2v) is 7.86. The van der Waals surface area contributed by atoms with Gasteiger partial charge in [-0.3, -0.25) is 9.59 Å². The van der Waals surface area contributed by atoms with Crippen LogP contribution < -0.4 is 15.5 Å². The summed E-state index contributed by atoms with van der Waals surface area (Å²) in [5.74, 6) is -0.115. The van der Waals surface area contributed by atoms with Crippen LogP contribution in [0.15, 0.2) is 90.2 Å². The number of benzene rings is 3. The zero-order valence-electron chi connectivity index (χ0n) is 18.8. The Morgan fingerprint density at radius 1 is 1.03 bits per heavy atom. The molecule has 2 N–H and O–H groups in total. The Hall–Kier alpha value is -4.43. The van der Waals surface area contributed by atoms with Crippen LogP contribution in [-0.2, 0) is 4.79 Å². The minimum absolute atomic E-state index is 0.229. The summed E-state index contributed by atoms with van der Waals surface area (Å²) < 4.78 is 6.98. The van der Waals surface area contributed by atoms with Crippen molar-refractivity contribution in [1.29, 1.82) is 0 Å². The lowest BCUT2D eigenvalue weighted by atomic mass is 10.1. The molecule has 2 amide bonds. The van der Waals surface area contributed by atoms with Crippen molar-refractivity contribution in [1.82, 2.24) is 20.5 Å². The molecule has 0 spiro atoms. The average molecular weight is 488 g/mol. The monoisotopic (exact) mass is 487 g/mol. The fourth-order valence-corrected chi connectivity index (χ4v) is 3.37. The number of hydrazone groups is 1. The second kappa shape index (κ2) is 11.1. The molecule has 1 heterocycles. The molecule has 0 atom stereocenters. The van der Waals surface area contributed by atoms with E-state index in [9.17, 15) is 9.59 Å². The topological polar surface area (TPSA) is 97.6 Å². The summed E-state index contributed by atoms with van der Waals surface area (Å²) in [6, 6.07) is 23.6. The van der Waals surface area contributed by atoms with E-state index in [4.69, 9.17) is 21.4 Å². The first-order valence-electron chi connectivity index (χ1n) is 10.7. The van der Waals surface area contributed by atoms with E-state index in [-0.39, 0.29) is 12.5 Å². The van der Waals surface area contributed by atoms with Crippen LogP contribution in [0.2, 0.25) is 5.02 Å². The Balaban J connectivity index is 1.46. The van der Waals surface area contributed by atoms with Gasteiger partial charge in [-0.15, -0.1) is 0 Å². The van der Waals surface area contributed by atoms with E-state index >= 15 is 0 Å². The third-order valence-electron chi connectivity index (χ3n) is 5.04. The Bertz CT molecular complexity index is 1330. The predicted molar refractivity (Wildman–Crippen MR) is 135 cm³/mol. The molecule has 4 aromatic rings. The second-order valence-electron chi connectivity index (χ2n) is 7.42. The highest BCUT2D eigenvalue weighted by molar-refractivity contribution is 6.30. The van der Waals surface area contributed by atoms with E-state index in [1.807, 2.05) is 60.8 Å². The highest BCUT2D eigenvalue weighted by Crippen LogP contribution is 2.25. The van der Waals surface area contributed by atoms with Crippen LogP contribution in [0.25, 0.3) is 16.9 Å². The van der Waals surface area contributed by atoms with Gasteiger partial charge in [-0.05, 0) is 60.7 Å². The van der Waals surface area contributed by atoms with Gasteiger partial charge in [-0.2, -0.15) is 10.2 Å². The summed E-state index contributed by atoms with van der Waals surface area (Å²) in [5, 5.41) is 11.8. The molecule has 4 rings (SSSR count). The lowest BCUT2D eigenvalue weighted by molar-refractivity contribution is -0.120. The molecular weight excluding hydrogens is 466 g/mol. The first-order chi connectivity index (χ1) is 17.0. The van der Waals surface area contributed by atoms with Gasteiger partial charge in [-0.25, -0.2) is 10.1 Å². The van der Waals surface area contributed by atoms with Crippen LogP contribution in [0.4, 0.5) is 0 Å². The van der Waals surface area contributed by atoms with Crippen molar-refractivity contribution in [2.24, 2.45) is 5.10 Å². The molecule has 35 heavy (non-hydrogen) atoms. The van der Waals surface area contributed by atoms with E-state index < -0.39 is 5.91 Å². The lowest BCUT2D eigenvalue weighted by Gasteiger charge is -2.04. The minimum Gasteiger partial charge on any atom is -0.497 e. The van der Waals surface area contributed by atoms with Gasteiger partial charge in [0.2, 0.25) is 0 Å². The van der Waals surface area contributed by atoms with E-state index in [0.29, 0.717) is 21.8 Å². The van der Waals surface area contributed by atoms with Gasteiger partial charge in [0.25, 0.3) is 11.8 Å². The van der Waals surface area contributed by atoms with Gasteiger partial charge < -0.3 is 10.1 Å². The van der Waals surface area contributed by atoms with Crippen LogP contribution in [-0.4, -0.2) is 41.5 Å². The average Bonchev–Trinajstić information content (AvgIpc) is 3.32. The number of aromatic nitrogens is 2. The Kier molecular flexibility index (Phi) is 7.54. The van der Waals surface area contributed by atoms with E-state index in [2.05, 4.69) is 15.8 Å². The van der Waals surface area contributed by atoms with Crippen LogP contribution >= 0.6 is 11.6 Å². The Morgan fingerprint density at radius 2 is 1.74 bits per heavy atom. The Labute approximate surface area is 207 Å². The zero-order chi connectivity index (χ0) is 24.6. The fraction of sp³-hybridized carbons (Fsp3) is 0.0769. The van der Waals surface area contributed by atoms with Gasteiger partial charge in [-0.1, -0.05) is 29.8 Å². The van der Waals surface area contributed by atoms with Crippen molar-refractivity contribution in [3.63, 3.8) is 0 Å². The third kappa shape index (κ3) is 6.13. The number of nitrogens with zero attached hydrogens (tertiary/aromatic N) is 3. The molecule has 9 heteroatoms. The molecule has 0 saturated heterocycles. The highest BCUT2D eigenvalue weighted by Gasteiger charge is 2.12. The molecule has 0 aliphatic heterocycles. The predicted octanol–water partition coefficient (Wildman–Crippen LogP) is 4.08. The summed E-state index contributed by atoms with van der Waals surface area (Å²) >= 11 is 5.83. The molecule has 0 bridgehead atoms. The normalized spacial score (nSPS) is 10.8. The molecule has 8 nitrogen and oxygen atoms in total. The first-order valence-corrected chi connectivity index (χ1v) is 11.1. The smallest absolute Gasteiger partial charge is 0.259 e. The number of methoxy groups -OCH3 is 1. The molecule has 176 valence electrons. The maximum Gasteiger partial charge on any atom is 0.259 e. The van der Waals surface area contributed by atoms with Gasteiger partial charge >= 0.3 is 0 Å².